The van der Waals surface area contributed by atoms with Crippen LogP contribution in [0.2, 0.25) is 0 Å². The van der Waals surface area contributed by atoms with E-state index in [-0.39, 0.29) is 55.6 Å². The molecule has 2 aliphatic heterocycles. The molecule has 2 aromatic carbocycles. The first-order chi connectivity index (χ1) is 19.8. The molecule has 1 N–H and O–H groups in total. The standard InChI is InChI=1S/C29H35F6N3O4.2ClH/c1-19-3-4-20(12-26(19)39)11-24-16-36(5-7-37-9-10-42-18-25(37)17-41-2)6-8-38(24)27(40)21-13-22(28(30,31)32)15-23(14-21)29(33,34)35;;/h3-4,12-15,24-25,39H,5-11,16-18H2,1-2H3;2*1H/t24-,25+;;/m1../s1. The second kappa shape index (κ2) is 15.8. The van der Waals surface area contributed by atoms with Crippen molar-refractivity contribution in [1.29, 1.82) is 0 Å². The number of aromatic hydroxyl groups is 1. The number of benzene rings is 2. The lowest BCUT2D eigenvalue weighted by Gasteiger charge is -2.43. The number of methoxy groups -OCH3 is 1. The van der Waals surface area contributed by atoms with E-state index in [1.807, 2.05) is 0 Å². The molecule has 0 aliphatic carbocycles. The van der Waals surface area contributed by atoms with Gasteiger partial charge in [0.15, 0.2) is 0 Å². The minimum absolute atomic E-state index is 0. The fourth-order valence-corrected chi connectivity index (χ4v) is 5.46. The van der Waals surface area contributed by atoms with Crippen LogP contribution in [0.15, 0.2) is 36.4 Å². The predicted octanol–water partition coefficient (Wildman–Crippen LogP) is 5.30. The molecule has 2 aromatic rings. The molecule has 0 radical (unpaired) electrons. The quantitative estimate of drug-likeness (QED) is 0.384. The molecular formula is C29H37Cl2F6N3O4. The van der Waals surface area contributed by atoms with Crippen molar-refractivity contribution in [2.24, 2.45) is 0 Å². The lowest BCUT2D eigenvalue weighted by molar-refractivity contribution is -0.143. The number of halogens is 8. The number of carbonyl (C=O) groups is 1. The smallest absolute Gasteiger partial charge is 0.416 e. The van der Waals surface area contributed by atoms with Crippen LogP contribution in [0.5, 0.6) is 5.75 Å². The van der Waals surface area contributed by atoms with Gasteiger partial charge in [-0.2, -0.15) is 26.3 Å². The van der Waals surface area contributed by atoms with Gasteiger partial charge in [0.05, 0.1) is 37.0 Å². The number of hydrogen-bond donors (Lipinski definition) is 1. The number of phenols is 1. The third-order valence-electron chi connectivity index (χ3n) is 7.82. The van der Waals surface area contributed by atoms with Crippen molar-refractivity contribution in [3.05, 3.63) is 64.2 Å². The molecule has 15 heteroatoms. The lowest BCUT2D eigenvalue weighted by atomic mass is 9.98. The van der Waals surface area contributed by atoms with Gasteiger partial charge in [0, 0.05) is 58.0 Å². The Hall–Kier alpha value is -2.29. The molecule has 2 atom stereocenters. The number of piperazine rings is 1. The van der Waals surface area contributed by atoms with E-state index in [9.17, 15) is 36.2 Å². The topological polar surface area (TPSA) is 65.5 Å². The van der Waals surface area contributed by atoms with Crippen LogP contribution in [-0.2, 0) is 28.2 Å². The van der Waals surface area contributed by atoms with Crippen molar-refractivity contribution in [1.82, 2.24) is 14.7 Å². The summed E-state index contributed by atoms with van der Waals surface area (Å²) >= 11 is 0. The Labute approximate surface area is 264 Å². The molecule has 2 fully saturated rings. The van der Waals surface area contributed by atoms with Crippen LogP contribution < -0.4 is 0 Å². The molecule has 248 valence electrons. The molecule has 44 heavy (non-hydrogen) atoms. The van der Waals surface area contributed by atoms with Gasteiger partial charge in [0.25, 0.3) is 5.91 Å². The molecular weight excluding hydrogens is 639 g/mol. The highest BCUT2D eigenvalue weighted by molar-refractivity contribution is 5.95. The molecule has 7 nitrogen and oxygen atoms in total. The van der Waals surface area contributed by atoms with Crippen LogP contribution in [0.25, 0.3) is 0 Å². The van der Waals surface area contributed by atoms with Gasteiger partial charge in [0.2, 0.25) is 0 Å². The Morgan fingerprint density at radius 2 is 1.61 bits per heavy atom. The van der Waals surface area contributed by atoms with Gasteiger partial charge in [-0.05, 0) is 48.7 Å². The third kappa shape index (κ3) is 9.60. The van der Waals surface area contributed by atoms with Gasteiger partial charge in [-0.3, -0.25) is 14.6 Å². The van der Waals surface area contributed by atoms with E-state index < -0.39 is 41.0 Å². The molecule has 0 saturated carbocycles. The number of phenolic OH excluding ortho intramolecular Hbond substituents is 1. The van der Waals surface area contributed by atoms with Crippen molar-refractivity contribution in [3.8, 4) is 5.75 Å². The molecule has 0 unspecified atom stereocenters. The highest BCUT2D eigenvalue weighted by atomic mass is 35.5. The maximum atomic E-state index is 13.6. The molecule has 2 heterocycles. The first-order valence-electron chi connectivity index (χ1n) is 13.7. The molecule has 1 amide bonds. The van der Waals surface area contributed by atoms with E-state index in [4.69, 9.17) is 9.47 Å². The second-order valence-corrected chi connectivity index (χ2v) is 10.8. The van der Waals surface area contributed by atoms with Crippen molar-refractivity contribution in [2.45, 2.75) is 37.8 Å². The summed E-state index contributed by atoms with van der Waals surface area (Å²) in [6.07, 6.45) is -9.87. The Bertz CT molecular complexity index is 1220. The highest BCUT2D eigenvalue weighted by Gasteiger charge is 2.39. The van der Waals surface area contributed by atoms with E-state index in [2.05, 4.69) is 9.80 Å². The first kappa shape index (κ1) is 37.9. The highest BCUT2D eigenvalue weighted by Crippen LogP contribution is 2.37. The summed E-state index contributed by atoms with van der Waals surface area (Å²) in [4.78, 5) is 19.3. The molecule has 2 saturated heterocycles. The summed E-state index contributed by atoms with van der Waals surface area (Å²) in [6.45, 7) is 6.32. The SMILES string of the molecule is COC[C@H]1COCCN1CCN1CCN(C(=O)c2cc(C(F)(F)F)cc(C(F)(F)F)c2)[C@H](Cc2ccc(C)c(O)c2)C1.Cl.Cl. The fourth-order valence-electron chi connectivity index (χ4n) is 5.46. The minimum atomic E-state index is -5.06. The number of amides is 1. The second-order valence-electron chi connectivity index (χ2n) is 10.8. The summed E-state index contributed by atoms with van der Waals surface area (Å²) in [5.74, 6) is -0.844. The molecule has 2 aliphatic rings. The largest absolute Gasteiger partial charge is 0.508 e. The fraction of sp³-hybridized carbons (Fsp3) is 0.552. The number of nitrogens with zero attached hydrogens (tertiary/aromatic N) is 3. The molecule has 0 bridgehead atoms. The maximum absolute atomic E-state index is 13.6. The maximum Gasteiger partial charge on any atom is 0.416 e. The summed E-state index contributed by atoms with van der Waals surface area (Å²) in [5.41, 5.74) is -2.39. The molecule has 0 aromatic heterocycles. The monoisotopic (exact) mass is 675 g/mol. The van der Waals surface area contributed by atoms with E-state index in [0.717, 1.165) is 6.54 Å². The summed E-state index contributed by atoms with van der Waals surface area (Å²) < 4.78 is 91.9. The third-order valence-corrected chi connectivity index (χ3v) is 7.82. The van der Waals surface area contributed by atoms with E-state index >= 15 is 0 Å². The van der Waals surface area contributed by atoms with Gasteiger partial charge in [0.1, 0.15) is 5.75 Å². The van der Waals surface area contributed by atoms with Crippen molar-refractivity contribution in [2.75, 3.05) is 66.2 Å². The number of aryl methyl sites for hydroxylation is 1. The zero-order chi connectivity index (χ0) is 30.7. The van der Waals surface area contributed by atoms with E-state index in [0.29, 0.717) is 69.3 Å². The predicted molar refractivity (Wildman–Crippen MR) is 157 cm³/mol. The normalized spacial score (nSPS) is 20.1. The zero-order valence-electron chi connectivity index (χ0n) is 24.3. The number of rotatable bonds is 8. The van der Waals surface area contributed by atoms with Gasteiger partial charge in [-0.25, -0.2) is 0 Å². The van der Waals surface area contributed by atoms with E-state index in [1.54, 1.807) is 32.2 Å². The molecule has 0 spiro atoms. The van der Waals surface area contributed by atoms with Crippen molar-refractivity contribution < 1.29 is 45.7 Å². The van der Waals surface area contributed by atoms with Crippen LogP contribution >= 0.6 is 24.8 Å². The van der Waals surface area contributed by atoms with Crippen LogP contribution in [0, 0.1) is 6.92 Å². The molecule has 4 rings (SSSR count). The zero-order valence-corrected chi connectivity index (χ0v) is 25.9. The summed E-state index contributed by atoms with van der Waals surface area (Å²) in [6, 6.07) is 5.58. The lowest BCUT2D eigenvalue weighted by Crippen LogP contribution is -2.58. The number of morpholine rings is 1. The van der Waals surface area contributed by atoms with Crippen molar-refractivity contribution in [3.63, 3.8) is 0 Å². The first-order valence-corrected chi connectivity index (χ1v) is 13.7. The Balaban J connectivity index is 0.00000337. The van der Waals surface area contributed by atoms with Crippen LogP contribution in [0.3, 0.4) is 0 Å². The van der Waals surface area contributed by atoms with Crippen molar-refractivity contribution >= 4 is 30.7 Å². The summed E-state index contributed by atoms with van der Waals surface area (Å²) in [5, 5.41) is 10.2. The summed E-state index contributed by atoms with van der Waals surface area (Å²) in [7, 11) is 1.62. The number of carbonyl (C=O) groups excluding carboxylic acids is 1. The Morgan fingerprint density at radius 3 is 2.20 bits per heavy atom. The minimum Gasteiger partial charge on any atom is -0.508 e. The number of hydrogen-bond acceptors (Lipinski definition) is 6. The van der Waals surface area contributed by atoms with Gasteiger partial charge >= 0.3 is 12.4 Å². The van der Waals surface area contributed by atoms with Crippen LogP contribution in [0.4, 0.5) is 26.3 Å². The van der Waals surface area contributed by atoms with Crippen LogP contribution in [0.1, 0.15) is 32.6 Å². The Morgan fingerprint density at radius 1 is 0.955 bits per heavy atom. The average Bonchev–Trinajstić information content (AvgIpc) is 2.93. The average molecular weight is 677 g/mol. The van der Waals surface area contributed by atoms with Gasteiger partial charge < -0.3 is 19.5 Å². The number of ether oxygens (including phenoxy) is 2. The Kier molecular flexibility index (Phi) is 13.6. The van der Waals surface area contributed by atoms with Crippen LogP contribution in [-0.4, -0.2) is 104 Å². The van der Waals surface area contributed by atoms with E-state index in [1.165, 1.54) is 4.90 Å². The van der Waals surface area contributed by atoms with Gasteiger partial charge in [-0.15, -0.1) is 24.8 Å². The van der Waals surface area contributed by atoms with Gasteiger partial charge in [-0.1, -0.05) is 12.1 Å². The number of alkyl halides is 6.